The van der Waals surface area contributed by atoms with Crippen LogP contribution in [0.5, 0.6) is 5.88 Å². The lowest BCUT2D eigenvalue weighted by Crippen LogP contribution is -2.42. The first-order valence-corrected chi connectivity index (χ1v) is 12.0. The molecule has 192 valence electrons. The average molecular weight is 501 g/mol. The largest absolute Gasteiger partial charge is 0.481 e. The molecule has 2 heterocycles. The van der Waals surface area contributed by atoms with Crippen LogP contribution < -0.4 is 10.1 Å². The van der Waals surface area contributed by atoms with Gasteiger partial charge in [0.1, 0.15) is 0 Å². The summed E-state index contributed by atoms with van der Waals surface area (Å²) >= 11 is 0. The van der Waals surface area contributed by atoms with Gasteiger partial charge in [-0.3, -0.25) is 9.78 Å². The Morgan fingerprint density at radius 3 is 2.58 bits per heavy atom. The molecule has 1 fully saturated rings. The molecule has 1 aliphatic carbocycles. The van der Waals surface area contributed by atoms with Gasteiger partial charge < -0.3 is 15.0 Å². The summed E-state index contributed by atoms with van der Waals surface area (Å²) in [5, 5.41) is 3.87. The standard InChI is InChI=1S/C27H31F3N4O2/c1-34(2)21(14-18-6-8-23-19(13-18)7-9-25(33-23)36-3)17-32-24(35)15-22(20-5-4-12-31-16-20)26(10-11-26)27(28,29)30/h4-9,12-13,16,21-22H,10-11,14-15,17H2,1-3H3,(H,32,35)/t21-,22+/m0/s1. The normalized spacial score (nSPS) is 16.5. The highest BCUT2D eigenvalue weighted by Gasteiger charge is 2.67. The number of alkyl halides is 3. The van der Waals surface area contributed by atoms with E-state index in [1.54, 1.807) is 19.2 Å². The van der Waals surface area contributed by atoms with Crippen LogP contribution in [0.2, 0.25) is 0 Å². The van der Waals surface area contributed by atoms with Crippen molar-refractivity contribution in [3.8, 4) is 5.88 Å². The van der Waals surface area contributed by atoms with Crippen LogP contribution in [0.4, 0.5) is 13.2 Å². The second-order valence-corrected chi connectivity index (χ2v) is 9.70. The molecule has 0 aliphatic heterocycles. The molecule has 2 atom stereocenters. The van der Waals surface area contributed by atoms with Gasteiger partial charge in [-0.15, -0.1) is 0 Å². The van der Waals surface area contributed by atoms with Gasteiger partial charge in [-0.25, -0.2) is 4.98 Å². The van der Waals surface area contributed by atoms with Gasteiger partial charge in [0.05, 0.1) is 18.0 Å². The summed E-state index contributed by atoms with van der Waals surface area (Å²) in [7, 11) is 5.42. The number of benzene rings is 1. The number of fused-ring (bicyclic) bond motifs is 1. The molecule has 1 aliphatic rings. The number of carbonyl (C=O) groups excluding carboxylic acids is 1. The third-order valence-electron chi connectivity index (χ3n) is 7.17. The molecule has 0 spiro atoms. The number of pyridine rings is 2. The van der Waals surface area contributed by atoms with E-state index in [1.807, 2.05) is 43.3 Å². The first-order valence-electron chi connectivity index (χ1n) is 12.0. The third-order valence-corrected chi connectivity index (χ3v) is 7.17. The Hall–Kier alpha value is -3.20. The molecular formula is C27H31F3N4O2. The molecular weight excluding hydrogens is 469 g/mol. The van der Waals surface area contributed by atoms with Crippen molar-refractivity contribution >= 4 is 16.8 Å². The number of aromatic nitrogens is 2. The van der Waals surface area contributed by atoms with Gasteiger partial charge in [0.25, 0.3) is 0 Å². The van der Waals surface area contributed by atoms with Crippen molar-refractivity contribution in [1.82, 2.24) is 20.2 Å². The van der Waals surface area contributed by atoms with Crippen LogP contribution in [0.3, 0.4) is 0 Å². The summed E-state index contributed by atoms with van der Waals surface area (Å²) in [5.74, 6) is -0.790. The molecule has 0 radical (unpaired) electrons. The lowest BCUT2D eigenvalue weighted by Gasteiger charge is -2.30. The van der Waals surface area contributed by atoms with E-state index in [2.05, 4.69) is 21.4 Å². The van der Waals surface area contributed by atoms with E-state index in [0.29, 0.717) is 24.4 Å². The smallest absolute Gasteiger partial charge is 0.395 e. The second-order valence-electron chi connectivity index (χ2n) is 9.70. The number of methoxy groups -OCH3 is 1. The van der Waals surface area contributed by atoms with Crippen LogP contribution in [0.15, 0.2) is 54.9 Å². The molecule has 1 amide bonds. The van der Waals surface area contributed by atoms with Crippen molar-refractivity contribution in [2.75, 3.05) is 27.7 Å². The molecule has 4 rings (SSSR count). The van der Waals surface area contributed by atoms with Gasteiger partial charge in [-0.1, -0.05) is 12.1 Å². The van der Waals surface area contributed by atoms with Crippen LogP contribution in [0.25, 0.3) is 10.9 Å². The number of nitrogens with one attached hydrogen (secondary N) is 1. The molecule has 36 heavy (non-hydrogen) atoms. The summed E-state index contributed by atoms with van der Waals surface area (Å²) in [6, 6.07) is 12.9. The minimum Gasteiger partial charge on any atom is -0.481 e. The predicted octanol–water partition coefficient (Wildman–Crippen LogP) is 4.74. The number of carbonyl (C=O) groups is 1. The Morgan fingerprint density at radius 1 is 1.19 bits per heavy atom. The summed E-state index contributed by atoms with van der Waals surface area (Å²) in [4.78, 5) is 23.3. The van der Waals surface area contributed by atoms with E-state index in [9.17, 15) is 18.0 Å². The minimum atomic E-state index is -4.37. The van der Waals surface area contributed by atoms with Crippen molar-refractivity contribution in [3.63, 3.8) is 0 Å². The fourth-order valence-corrected chi connectivity index (χ4v) is 4.77. The number of nitrogens with zero attached hydrogens (tertiary/aromatic N) is 3. The zero-order chi connectivity index (χ0) is 25.9. The monoisotopic (exact) mass is 500 g/mol. The fourth-order valence-electron chi connectivity index (χ4n) is 4.77. The van der Waals surface area contributed by atoms with Gasteiger partial charge in [0.15, 0.2) is 0 Å². The molecule has 3 aromatic rings. The van der Waals surface area contributed by atoms with Crippen molar-refractivity contribution in [1.29, 1.82) is 0 Å². The van der Waals surface area contributed by atoms with Crippen LogP contribution in [0, 0.1) is 5.41 Å². The predicted molar refractivity (Wildman–Crippen MR) is 132 cm³/mol. The average Bonchev–Trinajstić information content (AvgIpc) is 3.67. The lowest BCUT2D eigenvalue weighted by molar-refractivity contribution is -0.194. The Kier molecular flexibility index (Phi) is 7.49. The Bertz CT molecular complexity index is 1200. The number of ether oxygens (including phenoxy) is 1. The quantitative estimate of drug-likeness (QED) is 0.436. The number of amides is 1. The topological polar surface area (TPSA) is 67.3 Å². The summed E-state index contributed by atoms with van der Waals surface area (Å²) in [5.41, 5.74) is 0.501. The van der Waals surface area contributed by atoms with Crippen molar-refractivity contribution in [3.05, 3.63) is 66.0 Å². The van der Waals surface area contributed by atoms with Crippen molar-refractivity contribution < 1.29 is 22.7 Å². The van der Waals surface area contributed by atoms with Crippen molar-refractivity contribution in [2.24, 2.45) is 5.41 Å². The lowest BCUT2D eigenvalue weighted by atomic mass is 9.80. The number of halogens is 3. The second kappa shape index (κ2) is 10.4. The van der Waals surface area contributed by atoms with Gasteiger partial charge in [-0.05, 0) is 68.8 Å². The third kappa shape index (κ3) is 5.61. The minimum absolute atomic E-state index is 0.0341. The molecule has 9 heteroatoms. The van der Waals surface area contributed by atoms with Crippen LogP contribution in [-0.4, -0.2) is 60.7 Å². The summed E-state index contributed by atoms with van der Waals surface area (Å²) in [6.07, 6.45) is -0.901. The van der Waals surface area contributed by atoms with Gasteiger partial charge in [-0.2, -0.15) is 13.2 Å². The molecule has 2 aromatic heterocycles. The first-order chi connectivity index (χ1) is 17.1. The molecule has 0 saturated heterocycles. The molecule has 6 nitrogen and oxygen atoms in total. The Morgan fingerprint density at radius 2 is 1.97 bits per heavy atom. The fraction of sp³-hybridized carbons (Fsp3) is 0.444. The number of likely N-dealkylation sites (N-methyl/N-ethyl adjacent to an activating group) is 1. The van der Waals surface area contributed by atoms with Crippen LogP contribution in [-0.2, 0) is 11.2 Å². The van der Waals surface area contributed by atoms with E-state index in [4.69, 9.17) is 4.74 Å². The van der Waals surface area contributed by atoms with Gasteiger partial charge in [0.2, 0.25) is 11.8 Å². The molecule has 0 bridgehead atoms. The van der Waals surface area contributed by atoms with Crippen LogP contribution >= 0.6 is 0 Å². The molecule has 1 saturated carbocycles. The van der Waals surface area contributed by atoms with Gasteiger partial charge in [0, 0.05) is 48.8 Å². The Balaban J connectivity index is 1.43. The van der Waals surface area contributed by atoms with Gasteiger partial charge >= 0.3 is 6.18 Å². The zero-order valence-corrected chi connectivity index (χ0v) is 20.7. The van der Waals surface area contributed by atoms with Crippen LogP contribution in [0.1, 0.15) is 36.3 Å². The van der Waals surface area contributed by atoms with E-state index in [-0.39, 0.29) is 31.2 Å². The van der Waals surface area contributed by atoms with E-state index in [0.717, 1.165) is 16.5 Å². The maximum absolute atomic E-state index is 13.9. The van der Waals surface area contributed by atoms with E-state index >= 15 is 0 Å². The number of rotatable bonds is 10. The zero-order valence-electron chi connectivity index (χ0n) is 20.7. The molecule has 0 unspecified atom stereocenters. The molecule has 1 aromatic carbocycles. The highest BCUT2D eigenvalue weighted by atomic mass is 19.4. The first kappa shape index (κ1) is 25.9. The highest BCUT2D eigenvalue weighted by molar-refractivity contribution is 5.80. The highest BCUT2D eigenvalue weighted by Crippen LogP contribution is 2.66. The number of hydrogen-bond donors (Lipinski definition) is 1. The SMILES string of the molecule is COc1ccc2cc(C[C@@H](CNC(=O)C[C@H](c3cccnc3)C3(C(F)(F)F)CC3)N(C)C)ccc2n1. The van der Waals surface area contributed by atoms with E-state index < -0.39 is 17.5 Å². The Labute approximate surface area is 208 Å². The van der Waals surface area contributed by atoms with Crippen molar-refractivity contribution in [2.45, 2.75) is 43.8 Å². The summed E-state index contributed by atoms with van der Waals surface area (Å²) in [6.45, 7) is 0.323. The maximum atomic E-state index is 13.9. The maximum Gasteiger partial charge on any atom is 0.395 e. The van der Waals surface area contributed by atoms with E-state index in [1.165, 1.54) is 12.4 Å². The summed E-state index contributed by atoms with van der Waals surface area (Å²) < 4.78 is 47.0. The number of hydrogen-bond acceptors (Lipinski definition) is 5. The molecule has 1 N–H and O–H groups in total.